The van der Waals surface area contributed by atoms with E-state index >= 15 is 0 Å². The van der Waals surface area contributed by atoms with Gasteiger partial charge in [0, 0.05) is 17.4 Å². The number of halogens is 3. The highest BCUT2D eigenvalue weighted by atomic mass is 79.9. The third kappa shape index (κ3) is 5.41. The second kappa shape index (κ2) is 7.78. The summed E-state index contributed by atoms with van der Waals surface area (Å²) in [4.78, 5) is 10.5. The Balaban J connectivity index is 2.95. The molecular formula is C12H14BrCl2NO4S. The van der Waals surface area contributed by atoms with Crippen molar-refractivity contribution in [1.29, 1.82) is 0 Å². The van der Waals surface area contributed by atoms with E-state index in [1.165, 1.54) is 12.1 Å². The van der Waals surface area contributed by atoms with Crippen LogP contribution in [0.2, 0.25) is 10.0 Å². The summed E-state index contributed by atoms with van der Waals surface area (Å²) >= 11 is 15.0. The highest BCUT2D eigenvalue weighted by Gasteiger charge is 2.23. The first-order chi connectivity index (χ1) is 9.67. The molecule has 1 atom stereocenters. The number of hydrogen-bond donors (Lipinski definition) is 2. The van der Waals surface area contributed by atoms with Gasteiger partial charge in [0.25, 0.3) is 0 Å². The Kier molecular flexibility index (Phi) is 6.93. The predicted octanol–water partition coefficient (Wildman–Crippen LogP) is 3.54. The topological polar surface area (TPSA) is 83.5 Å². The van der Waals surface area contributed by atoms with Crippen molar-refractivity contribution in [2.45, 2.75) is 24.7 Å². The van der Waals surface area contributed by atoms with E-state index in [1.807, 2.05) is 0 Å². The van der Waals surface area contributed by atoms with Crippen molar-refractivity contribution < 1.29 is 18.3 Å². The fourth-order valence-electron chi connectivity index (χ4n) is 1.69. The molecule has 1 unspecified atom stereocenters. The molecule has 1 aromatic carbocycles. The average molecular weight is 419 g/mol. The lowest BCUT2D eigenvalue weighted by molar-refractivity contribution is -0.138. The Morgan fingerprint density at radius 2 is 1.90 bits per heavy atom. The van der Waals surface area contributed by atoms with Crippen LogP contribution in [0.5, 0.6) is 0 Å². The summed E-state index contributed by atoms with van der Waals surface area (Å²) in [6, 6.07) is 2.85. The van der Waals surface area contributed by atoms with Gasteiger partial charge in [-0.25, -0.2) is 13.1 Å². The third-order valence-electron chi connectivity index (χ3n) is 2.83. The van der Waals surface area contributed by atoms with E-state index in [2.05, 4.69) is 20.7 Å². The van der Waals surface area contributed by atoms with E-state index in [-0.39, 0.29) is 33.8 Å². The van der Waals surface area contributed by atoms with Gasteiger partial charge in [-0.05, 0) is 18.1 Å². The first-order valence-corrected chi connectivity index (χ1v) is 9.06. The minimum absolute atomic E-state index is 0.00634. The molecular weight excluding hydrogens is 405 g/mol. The molecule has 1 rings (SSSR count). The van der Waals surface area contributed by atoms with Gasteiger partial charge in [-0.2, -0.15) is 0 Å². The zero-order chi connectivity index (χ0) is 16.2. The Morgan fingerprint density at radius 1 is 1.38 bits per heavy atom. The standard InChI is InChI=1S/C12H14BrCl2NO4S/c1-2-7(3-11(17)18)6-16-21(19,20)12-9(14)4-8(13)5-10(12)15/h4-5,7,16H,2-3,6H2,1H3,(H,17,18). The average Bonchev–Trinajstić information content (AvgIpc) is 2.32. The van der Waals surface area contributed by atoms with Crippen molar-refractivity contribution in [2.75, 3.05) is 6.54 Å². The zero-order valence-corrected chi connectivity index (χ0v) is 15.0. The van der Waals surface area contributed by atoms with E-state index in [1.54, 1.807) is 6.92 Å². The molecule has 0 aliphatic rings. The molecule has 5 nitrogen and oxygen atoms in total. The van der Waals surface area contributed by atoms with Crippen LogP contribution < -0.4 is 4.72 Å². The molecule has 0 aliphatic heterocycles. The van der Waals surface area contributed by atoms with Crippen molar-refractivity contribution >= 4 is 55.1 Å². The second-order valence-corrected chi connectivity index (χ2v) is 7.86. The summed E-state index contributed by atoms with van der Waals surface area (Å²) in [6.45, 7) is 1.80. The summed E-state index contributed by atoms with van der Waals surface area (Å²) in [7, 11) is -3.91. The van der Waals surface area contributed by atoms with Gasteiger partial charge in [-0.15, -0.1) is 0 Å². The minimum Gasteiger partial charge on any atom is -0.481 e. The maximum Gasteiger partial charge on any atom is 0.303 e. The number of hydrogen-bond acceptors (Lipinski definition) is 3. The molecule has 0 fully saturated rings. The molecule has 0 saturated heterocycles. The van der Waals surface area contributed by atoms with E-state index in [0.717, 1.165) is 0 Å². The van der Waals surface area contributed by atoms with Crippen molar-refractivity contribution in [1.82, 2.24) is 4.72 Å². The first-order valence-electron chi connectivity index (χ1n) is 6.03. The van der Waals surface area contributed by atoms with Gasteiger partial charge in [-0.3, -0.25) is 4.79 Å². The van der Waals surface area contributed by atoms with Crippen molar-refractivity contribution in [2.24, 2.45) is 5.92 Å². The largest absolute Gasteiger partial charge is 0.481 e. The molecule has 0 saturated carbocycles. The predicted molar refractivity (Wildman–Crippen MR) is 85.4 cm³/mol. The molecule has 1 aromatic rings. The van der Waals surface area contributed by atoms with E-state index in [0.29, 0.717) is 10.9 Å². The van der Waals surface area contributed by atoms with Crippen LogP contribution in [0.15, 0.2) is 21.5 Å². The van der Waals surface area contributed by atoms with E-state index < -0.39 is 16.0 Å². The Labute approximate surface area is 141 Å². The van der Waals surface area contributed by atoms with E-state index in [4.69, 9.17) is 28.3 Å². The van der Waals surface area contributed by atoms with Gasteiger partial charge < -0.3 is 5.11 Å². The van der Waals surface area contributed by atoms with Gasteiger partial charge in [-0.1, -0.05) is 52.5 Å². The molecule has 21 heavy (non-hydrogen) atoms. The number of nitrogens with one attached hydrogen (secondary N) is 1. The van der Waals surface area contributed by atoms with Crippen LogP contribution in [0.3, 0.4) is 0 Å². The van der Waals surface area contributed by atoms with E-state index in [9.17, 15) is 13.2 Å². The number of rotatable bonds is 7. The number of benzene rings is 1. The van der Waals surface area contributed by atoms with Crippen LogP contribution in [-0.4, -0.2) is 26.0 Å². The summed E-state index contributed by atoms with van der Waals surface area (Å²) in [5, 5.41) is 8.74. The van der Waals surface area contributed by atoms with Crippen molar-refractivity contribution in [3.63, 3.8) is 0 Å². The van der Waals surface area contributed by atoms with Gasteiger partial charge >= 0.3 is 5.97 Å². The van der Waals surface area contributed by atoms with Crippen molar-refractivity contribution in [3.8, 4) is 0 Å². The highest BCUT2D eigenvalue weighted by Crippen LogP contribution is 2.32. The highest BCUT2D eigenvalue weighted by molar-refractivity contribution is 9.10. The lowest BCUT2D eigenvalue weighted by Gasteiger charge is -2.15. The van der Waals surface area contributed by atoms with Crippen molar-refractivity contribution in [3.05, 3.63) is 26.7 Å². The molecule has 0 spiro atoms. The van der Waals surface area contributed by atoms with Gasteiger partial charge in [0.15, 0.2) is 0 Å². The Morgan fingerprint density at radius 3 is 2.33 bits per heavy atom. The Bertz CT molecular complexity index is 613. The van der Waals surface area contributed by atoms with Crippen LogP contribution in [0.4, 0.5) is 0 Å². The van der Waals surface area contributed by atoms with Crippen LogP contribution in [0.25, 0.3) is 0 Å². The van der Waals surface area contributed by atoms with Crippen LogP contribution in [0, 0.1) is 5.92 Å². The fraction of sp³-hybridized carbons (Fsp3) is 0.417. The van der Waals surface area contributed by atoms with Gasteiger partial charge in [0.1, 0.15) is 4.90 Å². The van der Waals surface area contributed by atoms with Crippen LogP contribution in [-0.2, 0) is 14.8 Å². The zero-order valence-electron chi connectivity index (χ0n) is 11.1. The van der Waals surface area contributed by atoms with Gasteiger partial charge in [0.05, 0.1) is 10.0 Å². The summed E-state index contributed by atoms with van der Waals surface area (Å²) in [5.74, 6) is -1.27. The molecule has 0 aliphatic carbocycles. The third-order valence-corrected chi connectivity index (χ3v) is 5.64. The molecule has 9 heteroatoms. The number of carboxylic acid groups (broad SMARTS) is 1. The molecule has 118 valence electrons. The summed E-state index contributed by atoms with van der Waals surface area (Å²) in [6.07, 6.45) is 0.428. The van der Waals surface area contributed by atoms with Crippen LogP contribution in [0.1, 0.15) is 19.8 Å². The summed E-state index contributed by atoms with van der Waals surface area (Å²) < 4.78 is 27.4. The number of sulfonamides is 1. The second-order valence-electron chi connectivity index (χ2n) is 4.42. The molecule has 0 heterocycles. The molecule has 2 N–H and O–H groups in total. The monoisotopic (exact) mass is 417 g/mol. The lowest BCUT2D eigenvalue weighted by atomic mass is 10.0. The lowest BCUT2D eigenvalue weighted by Crippen LogP contribution is -2.30. The number of aliphatic carboxylic acids is 1. The fourth-order valence-corrected chi connectivity index (χ4v) is 4.74. The SMILES string of the molecule is CCC(CNS(=O)(=O)c1c(Cl)cc(Br)cc1Cl)CC(=O)O. The molecule has 0 bridgehead atoms. The quantitative estimate of drug-likeness (QED) is 0.709. The normalized spacial score (nSPS) is 13.1. The minimum atomic E-state index is -3.91. The maximum absolute atomic E-state index is 12.2. The van der Waals surface area contributed by atoms with Crippen LogP contribution >= 0.6 is 39.1 Å². The molecule has 0 amide bonds. The van der Waals surface area contributed by atoms with Gasteiger partial charge in [0.2, 0.25) is 10.0 Å². The summed E-state index contributed by atoms with van der Waals surface area (Å²) in [5.41, 5.74) is 0. The number of carbonyl (C=O) groups is 1. The first kappa shape index (κ1) is 18.7. The number of carboxylic acids is 1. The molecule has 0 aromatic heterocycles. The molecule has 0 radical (unpaired) electrons. The Hall–Kier alpha value is -0.340. The smallest absolute Gasteiger partial charge is 0.303 e. The maximum atomic E-state index is 12.2.